The van der Waals surface area contributed by atoms with Crippen molar-refractivity contribution < 1.29 is 9.18 Å². The van der Waals surface area contributed by atoms with Crippen LogP contribution >= 0.6 is 11.6 Å². The van der Waals surface area contributed by atoms with Gasteiger partial charge in [0.15, 0.2) is 0 Å². The Hall–Kier alpha value is -1.09. The zero-order valence-corrected chi connectivity index (χ0v) is 11.0. The molecule has 2 rings (SSSR count). The van der Waals surface area contributed by atoms with E-state index in [-0.39, 0.29) is 11.3 Å². The number of rotatable bonds is 4. The Morgan fingerprint density at radius 1 is 1.39 bits per heavy atom. The highest BCUT2D eigenvalue weighted by Gasteiger charge is 2.33. The molecule has 1 aromatic carbocycles. The quantitative estimate of drug-likeness (QED) is 0.835. The second-order valence-corrected chi connectivity index (χ2v) is 5.30. The van der Waals surface area contributed by atoms with Gasteiger partial charge in [0.25, 0.3) is 5.91 Å². The maximum Gasteiger partial charge on any atom is 0.251 e. The van der Waals surface area contributed by atoms with Crippen molar-refractivity contribution in [1.29, 1.82) is 0 Å². The summed E-state index contributed by atoms with van der Waals surface area (Å²) in [5.41, 5.74) is 0.391. The van der Waals surface area contributed by atoms with Gasteiger partial charge in [0.1, 0.15) is 5.82 Å². The number of alkyl halides is 1. The van der Waals surface area contributed by atoms with E-state index >= 15 is 0 Å². The maximum absolute atomic E-state index is 13.0. The molecular formula is C14H17ClFNO. The Morgan fingerprint density at radius 3 is 2.72 bits per heavy atom. The SMILES string of the molecule is O=C(NCC1(CCl)CCCC1)c1cccc(F)c1. The number of amides is 1. The largest absolute Gasteiger partial charge is 0.351 e. The fourth-order valence-electron chi connectivity index (χ4n) is 2.48. The summed E-state index contributed by atoms with van der Waals surface area (Å²) in [7, 11) is 0. The normalized spacial score (nSPS) is 17.7. The molecule has 1 aliphatic carbocycles. The van der Waals surface area contributed by atoms with Crippen LogP contribution in [0.5, 0.6) is 0 Å². The van der Waals surface area contributed by atoms with Gasteiger partial charge >= 0.3 is 0 Å². The highest BCUT2D eigenvalue weighted by molar-refractivity contribution is 6.18. The zero-order chi connectivity index (χ0) is 13.0. The predicted molar refractivity (Wildman–Crippen MR) is 70.4 cm³/mol. The Balaban J connectivity index is 1.96. The molecule has 0 unspecified atom stereocenters. The van der Waals surface area contributed by atoms with Crippen LogP contribution in [0.1, 0.15) is 36.0 Å². The Morgan fingerprint density at radius 2 is 2.11 bits per heavy atom. The third kappa shape index (κ3) is 3.02. The minimum Gasteiger partial charge on any atom is -0.351 e. The number of hydrogen-bond acceptors (Lipinski definition) is 1. The van der Waals surface area contributed by atoms with Gasteiger partial charge in [0, 0.05) is 23.4 Å². The van der Waals surface area contributed by atoms with Crippen LogP contribution in [0.2, 0.25) is 0 Å². The first-order valence-electron chi connectivity index (χ1n) is 6.25. The fraction of sp³-hybridized carbons (Fsp3) is 0.500. The Labute approximate surface area is 112 Å². The van der Waals surface area contributed by atoms with Gasteiger partial charge in [-0.25, -0.2) is 4.39 Å². The van der Waals surface area contributed by atoms with Gasteiger partial charge in [0.05, 0.1) is 0 Å². The van der Waals surface area contributed by atoms with E-state index < -0.39 is 5.82 Å². The number of hydrogen-bond donors (Lipinski definition) is 1. The number of benzene rings is 1. The molecule has 2 nitrogen and oxygen atoms in total. The number of carbonyl (C=O) groups excluding carboxylic acids is 1. The molecule has 0 atom stereocenters. The summed E-state index contributed by atoms with van der Waals surface area (Å²) in [6, 6.07) is 5.73. The molecule has 1 aliphatic rings. The predicted octanol–water partition coefficient (Wildman–Crippen LogP) is 3.35. The molecule has 0 saturated heterocycles. The van der Waals surface area contributed by atoms with Crippen LogP contribution in [0.15, 0.2) is 24.3 Å². The second-order valence-electron chi connectivity index (χ2n) is 5.03. The first-order chi connectivity index (χ1) is 8.65. The van der Waals surface area contributed by atoms with Crippen LogP contribution < -0.4 is 5.32 Å². The van der Waals surface area contributed by atoms with Gasteiger partial charge in [-0.05, 0) is 31.0 Å². The third-order valence-corrected chi connectivity index (χ3v) is 4.23. The van der Waals surface area contributed by atoms with Gasteiger partial charge < -0.3 is 5.32 Å². The lowest BCUT2D eigenvalue weighted by molar-refractivity contribution is 0.0934. The van der Waals surface area contributed by atoms with Crippen molar-refractivity contribution in [1.82, 2.24) is 5.32 Å². The summed E-state index contributed by atoms with van der Waals surface area (Å²) in [6.45, 7) is 0.575. The summed E-state index contributed by atoms with van der Waals surface area (Å²) in [6.07, 6.45) is 4.45. The fourth-order valence-corrected chi connectivity index (χ4v) is 2.84. The number of carbonyl (C=O) groups is 1. The number of nitrogens with one attached hydrogen (secondary N) is 1. The summed E-state index contributed by atoms with van der Waals surface area (Å²) < 4.78 is 13.0. The standard InChI is InChI=1S/C14H17ClFNO/c15-9-14(6-1-2-7-14)10-17-13(18)11-4-3-5-12(16)8-11/h3-5,8H,1-2,6-7,9-10H2,(H,17,18). The Kier molecular flexibility index (Phi) is 4.23. The van der Waals surface area contributed by atoms with E-state index in [2.05, 4.69) is 5.32 Å². The van der Waals surface area contributed by atoms with Crippen molar-refractivity contribution in [3.63, 3.8) is 0 Å². The molecule has 0 radical (unpaired) electrons. The van der Waals surface area contributed by atoms with Crippen LogP contribution in [-0.4, -0.2) is 18.3 Å². The summed E-state index contributed by atoms with van der Waals surface area (Å²) in [5.74, 6) is -0.0577. The third-order valence-electron chi connectivity index (χ3n) is 3.66. The van der Waals surface area contributed by atoms with Crippen LogP contribution in [0, 0.1) is 11.2 Å². The molecule has 4 heteroatoms. The molecule has 1 saturated carbocycles. The highest BCUT2D eigenvalue weighted by Crippen LogP contribution is 2.38. The van der Waals surface area contributed by atoms with E-state index in [4.69, 9.17) is 11.6 Å². The highest BCUT2D eigenvalue weighted by atomic mass is 35.5. The van der Waals surface area contributed by atoms with Gasteiger partial charge in [-0.2, -0.15) is 0 Å². The maximum atomic E-state index is 13.0. The average molecular weight is 270 g/mol. The van der Waals surface area contributed by atoms with Gasteiger partial charge in [-0.1, -0.05) is 18.9 Å². The molecule has 0 bridgehead atoms. The minimum absolute atomic E-state index is 0.0323. The molecule has 1 amide bonds. The lowest BCUT2D eigenvalue weighted by Crippen LogP contribution is -2.37. The smallest absolute Gasteiger partial charge is 0.251 e. The molecule has 98 valence electrons. The summed E-state index contributed by atoms with van der Waals surface area (Å²) >= 11 is 6.01. The molecule has 18 heavy (non-hydrogen) atoms. The Bertz CT molecular complexity index is 430. The van der Waals surface area contributed by atoms with Crippen LogP contribution in [-0.2, 0) is 0 Å². The van der Waals surface area contributed by atoms with Crippen molar-refractivity contribution in [2.24, 2.45) is 5.41 Å². The first-order valence-corrected chi connectivity index (χ1v) is 6.78. The molecule has 0 aliphatic heterocycles. The zero-order valence-electron chi connectivity index (χ0n) is 10.2. The van der Waals surface area contributed by atoms with Crippen LogP contribution in [0.3, 0.4) is 0 Å². The minimum atomic E-state index is -0.393. The van der Waals surface area contributed by atoms with E-state index in [9.17, 15) is 9.18 Å². The molecule has 1 fully saturated rings. The molecule has 1 N–H and O–H groups in total. The van der Waals surface area contributed by atoms with E-state index in [1.807, 2.05) is 0 Å². The molecule has 0 aromatic heterocycles. The average Bonchev–Trinajstić information content (AvgIpc) is 2.85. The van der Waals surface area contributed by atoms with Crippen molar-refractivity contribution in [2.75, 3.05) is 12.4 Å². The van der Waals surface area contributed by atoms with Crippen LogP contribution in [0.4, 0.5) is 4.39 Å². The topological polar surface area (TPSA) is 29.1 Å². The van der Waals surface area contributed by atoms with E-state index in [0.717, 1.165) is 12.8 Å². The second kappa shape index (κ2) is 5.70. The van der Waals surface area contributed by atoms with Gasteiger partial charge in [-0.3, -0.25) is 4.79 Å². The van der Waals surface area contributed by atoms with Crippen LogP contribution in [0.25, 0.3) is 0 Å². The van der Waals surface area contributed by atoms with Crippen molar-refractivity contribution in [2.45, 2.75) is 25.7 Å². The lowest BCUT2D eigenvalue weighted by atomic mass is 9.88. The lowest BCUT2D eigenvalue weighted by Gasteiger charge is -2.26. The van der Waals surface area contributed by atoms with E-state index in [1.54, 1.807) is 6.07 Å². The molecular weight excluding hydrogens is 253 g/mol. The molecule has 0 heterocycles. The summed E-state index contributed by atoms with van der Waals surface area (Å²) in [4.78, 5) is 11.9. The molecule has 1 aromatic rings. The number of halogens is 2. The van der Waals surface area contributed by atoms with Crippen molar-refractivity contribution in [3.8, 4) is 0 Å². The van der Waals surface area contributed by atoms with Gasteiger partial charge in [0.2, 0.25) is 0 Å². The first kappa shape index (κ1) is 13.3. The van der Waals surface area contributed by atoms with Crippen molar-refractivity contribution in [3.05, 3.63) is 35.6 Å². The van der Waals surface area contributed by atoms with Crippen molar-refractivity contribution >= 4 is 17.5 Å². The van der Waals surface area contributed by atoms with E-state index in [0.29, 0.717) is 18.0 Å². The van der Waals surface area contributed by atoms with E-state index in [1.165, 1.54) is 31.0 Å². The monoisotopic (exact) mass is 269 g/mol. The van der Waals surface area contributed by atoms with Gasteiger partial charge in [-0.15, -0.1) is 11.6 Å². The summed E-state index contributed by atoms with van der Waals surface area (Å²) in [5, 5.41) is 2.87. The molecule has 0 spiro atoms.